The quantitative estimate of drug-likeness (QED) is 0.625. The molecule has 26 heavy (non-hydrogen) atoms. The maximum atomic E-state index is 12.3. The van der Waals surface area contributed by atoms with Crippen LogP contribution in [0, 0.1) is 46.3 Å². The van der Waals surface area contributed by atoms with Crippen LogP contribution < -0.4 is 0 Å². The number of carbonyl (C=O) groups excluding carboxylic acids is 1. The first kappa shape index (κ1) is 19.0. The van der Waals surface area contributed by atoms with Gasteiger partial charge in [0.25, 0.3) is 0 Å². The summed E-state index contributed by atoms with van der Waals surface area (Å²) in [6.45, 7) is 10.9. The lowest BCUT2D eigenvalue weighted by Gasteiger charge is -2.61. The first-order valence-electron chi connectivity index (χ1n) is 11.5. The van der Waals surface area contributed by atoms with E-state index in [9.17, 15) is 4.79 Å². The van der Waals surface area contributed by atoms with Gasteiger partial charge < -0.3 is 4.74 Å². The molecule has 2 nitrogen and oxygen atoms in total. The molecule has 0 radical (unpaired) electrons. The molecule has 0 aliphatic heterocycles. The van der Waals surface area contributed by atoms with E-state index in [0.29, 0.717) is 22.5 Å². The van der Waals surface area contributed by atoms with Crippen LogP contribution in [0.4, 0.5) is 0 Å². The van der Waals surface area contributed by atoms with Crippen molar-refractivity contribution in [2.75, 3.05) is 13.2 Å². The Labute approximate surface area is 160 Å². The predicted molar refractivity (Wildman–Crippen MR) is 106 cm³/mol. The molecule has 0 spiro atoms. The van der Waals surface area contributed by atoms with E-state index in [2.05, 4.69) is 20.8 Å². The molecule has 0 N–H and O–H groups in total. The second-order valence-corrected chi connectivity index (χ2v) is 10.7. The molecule has 0 aromatic carbocycles. The van der Waals surface area contributed by atoms with Gasteiger partial charge >= 0.3 is 0 Å². The zero-order chi connectivity index (χ0) is 18.5. The van der Waals surface area contributed by atoms with E-state index in [1.807, 2.05) is 6.92 Å². The Balaban J connectivity index is 1.51. The zero-order valence-electron chi connectivity index (χ0n) is 17.6. The van der Waals surface area contributed by atoms with Crippen molar-refractivity contribution < 1.29 is 9.53 Å². The highest BCUT2D eigenvalue weighted by atomic mass is 16.5. The first-order chi connectivity index (χ1) is 12.4. The van der Waals surface area contributed by atoms with E-state index in [-0.39, 0.29) is 0 Å². The van der Waals surface area contributed by atoms with Gasteiger partial charge in [-0.3, -0.25) is 4.79 Å². The maximum Gasteiger partial charge on any atom is 0.133 e. The first-order valence-corrected chi connectivity index (χ1v) is 11.5. The minimum Gasteiger partial charge on any atom is -0.381 e. The smallest absolute Gasteiger partial charge is 0.133 e. The van der Waals surface area contributed by atoms with Gasteiger partial charge in [-0.15, -0.1) is 0 Å². The van der Waals surface area contributed by atoms with Gasteiger partial charge in [0.05, 0.1) is 0 Å². The second kappa shape index (κ2) is 6.90. The molecule has 148 valence electrons. The monoisotopic (exact) mass is 360 g/mol. The van der Waals surface area contributed by atoms with Gasteiger partial charge in [0.15, 0.2) is 0 Å². The van der Waals surface area contributed by atoms with Crippen molar-refractivity contribution in [2.24, 2.45) is 46.3 Å². The number of fused-ring (bicyclic) bond motifs is 5. The Bertz CT molecular complexity index is 542. The Morgan fingerprint density at radius 2 is 1.69 bits per heavy atom. The topological polar surface area (TPSA) is 26.3 Å². The van der Waals surface area contributed by atoms with Gasteiger partial charge in [0, 0.05) is 19.1 Å². The summed E-state index contributed by atoms with van der Waals surface area (Å²) in [5.41, 5.74) is 0.865. The van der Waals surface area contributed by atoms with E-state index in [4.69, 9.17) is 4.74 Å². The van der Waals surface area contributed by atoms with E-state index < -0.39 is 0 Å². The van der Waals surface area contributed by atoms with Crippen LogP contribution in [0.15, 0.2) is 0 Å². The summed E-state index contributed by atoms with van der Waals surface area (Å²) in [6, 6.07) is 0. The van der Waals surface area contributed by atoms with Crippen LogP contribution in [-0.4, -0.2) is 19.0 Å². The van der Waals surface area contributed by atoms with Crippen LogP contribution in [0.5, 0.6) is 0 Å². The van der Waals surface area contributed by atoms with Crippen LogP contribution in [0.2, 0.25) is 0 Å². The number of carbonyl (C=O) groups is 1. The number of Topliss-reactive ketones (excluding diaryl/α,β-unsaturated/α-hetero) is 1. The number of ketones is 1. The van der Waals surface area contributed by atoms with Gasteiger partial charge in [-0.1, -0.05) is 13.8 Å². The van der Waals surface area contributed by atoms with E-state index in [0.717, 1.165) is 49.2 Å². The summed E-state index contributed by atoms with van der Waals surface area (Å²) in [6.07, 6.45) is 12.2. The van der Waals surface area contributed by atoms with Crippen molar-refractivity contribution in [3.05, 3.63) is 0 Å². The average molecular weight is 361 g/mol. The highest BCUT2D eigenvalue weighted by molar-refractivity contribution is 5.79. The molecule has 4 fully saturated rings. The van der Waals surface area contributed by atoms with Crippen LogP contribution in [0.3, 0.4) is 0 Å². The normalized spacial score (nSPS) is 50.6. The molecule has 0 bridgehead atoms. The number of hydrogen-bond donors (Lipinski definition) is 0. The van der Waals surface area contributed by atoms with Gasteiger partial charge in [-0.05, 0) is 112 Å². The molecule has 0 amide bonds. The average Bonchev–Trinajstić information content (AvgIpc) is 2.97. The summed E-state index contributed by atoms with van der Waals surface area (Å²) in [4.78, 5) is 12.3. The fourth-order valence-electron chi connectivity index (χ4n) is 8.45. The van der Waals surface area contributed by atoms with Crippen LogP contribution >= 0.6 is 0 Å². The summed E-state index contributed by atoms with van der Waals surface area (Å²) >= 11 is 0. The van der Waals surface area contributed by atoms with Gasteiger partial charge in [0.1, 0.15) is 5.78 Å². The maximum absolute atomic E-state index is 12.3. The summed E-state index contributed by atoms with van der Waals surface area (Å²) in [5.74, 6) is 5.14. The van der Waals surface area contributed by atoms with Crippen molar-refractivity contribution in [1.82, 2.24) is 0 Å². The molecule has 0 saturated heterocycles. The van der Waals surface area contributed by atoms with E-state index >= 15 is 0 Å². The van der Waals surface area contributed by atoms with Crippen molar-refractivity contribution in [1.29, 1.82) is 0 Å². The summed E-state index contributed by atoms with van der Waals surface area (Å²) < 4.78 is 5.76. The Hall–Kier alpha value is -0.370. The molecule has 4 aliphatic rings. The fourth-order valence-corrected chi connectivity index (χ4v) is 8.45. The standard InChI is InChI=1S/C24H40O2/c1-5-26-15-17-10-12-23(3)18(14-17)6-7-19-21-9-8-20(16(2)25)24(21,4)13-11-22(19)23/h17-22H,5-15H2,1-4H3/t17-,18+,19-,20+,21?,22?,23-,24+/m0/s1. The molecule has 4 aliphatic carbocycles. The highest BCUT2D eigenvalue weighted by Gasteiger charge is 2.60. The molecule has 0 aromatic heterocycles. The van der Waals surface area contributed by atoms with Crippen molar-refractivity contribution in [3.63, 3.8) is 0 Å². The Morgan fingerprint density at radius 3 is 2.42 bits per heavy atom. The molecular weight excluding hydrogens is 320 g/mol. The molecule has 4 rings (SSSR count). The van der Waals surface area contributed by atoms with Crippen molar-refractivity contribution in [3.8, 4) is 0 Å². The molecule has 0 aromatic rings. The zero-order valence-corrected chi connectivity index (χ0v) is 17.6. The molecular formula is C24H40O2. The predicted octanol–water partition coefficient (Wildman–Crippen LogP) is 5.89. The summed E-state index contributed by atoms with van der Waals surface area (Å²) in [5, 5.41) is 0. The van der Waals surface area contributed by atoms with Crippen LogP contribution in [-0.2, 0) is 9.53 Å². The Kier molecular flexibility index (Phi) is 5.04. The van der Waals surface area contributed by atoms with Crippen LogP contribution in [0.25, 0.3) is 0 Å². The number of ether oxygens (including phenoxy) is 1. The van der Waals surface area contributed by atoms with Gasteiger partial charge in [0.2, 0.25) is 0 Å². The van der Waals surface area contributed by atoms with Crippen molar-refractivity contribution >= 4 is 5.78 Å². The third-order valence-corrected chi connectivity index (χ3v) is 9.82. The molecule has 4 saturated carbocycles. The SMILES string of the molecule is CCOC[C@H]1CC[C@]2(C)C3CC[C@@]4(C)C(CC[C@@H]4C(C)=O)[C@@H]3CC[C@@H]2C1. The second-order valence-electron chi connectivity index (χ2n) is 10.7. The van der Waals surface area contributed by atoms with E-state index in [1.54, 1.807) is 0 Å². The van der Waals surface area contributed by atoms with Crippen molar-refractivity contribution in [2.45, 2.75) is 85.5 Å². The molecule has 0 heterocycles. The van der Waals surface area contributed by atoms with Gasteiger partial charge in [-0.25, -0.2) is 0 Å². The fraction of sp³-hybridized carbons (Fsp3) is 0.958. The molecule has 2 heteroatoms. The third kappa shape index (κ3) is 2.81. The lowest BCUT2D eigenvalue weighted by molar-refractivity contribution is -0.136. The van der Waals surface area contributed by atoms with Gasteiger partial charge in [-0.2, -0.15) is 0 Å². The molecule has 2 unspecified atom stereocenters. The Morgan fingerprint density at radius 1 is 0.962 bits per heavy atom. The largest absolute Gasteiger partial charge is 0.381 e. The summed E-state index contributed by atoms with van der Waals surface area (Å²) in [7, 11) is 0. The molecule has 8 atom stereocenters. The van der Waals surface area contributed by atoms with E-state index in [1.165, 1.54) is 51.4 Å². The highest BCUT2D eigenvalue weighted by Crippen LogP contribution is 2.67. The third-order valence-electron chi connectivity index (χ3n) is 9.82. The lowest BCUT2D eigenvalue weighted by atomic mass is 9.44. The minimum absolute atomic E-state index is 0.308. The number of rotatable bonds is 4. The lowest BCUT2D eigenvalue weighted by Crippen LogP contribution is -2.54. The number of hydrogen-bond acceptors (Lipinski definition) is 2. The van der Waals surface area contributed by atoms with Crippen LogP contribution in [0.1, 0.15) is 85.5 Å². The minimum atomic E-state index is 0.308.